The summed E-state index contributed by atoms with van der Waals surface area (Å²) in [4.78, 5) is 10.8. The smallest absolute Gasteiger partial charge is 0.335 e. The molecule has 2 N–H and O–H groups in total. The van der Waals surface area contributed by atoms with Crippen LogP contribution in [0.5, 0.6) is 0 Å². The molecule has 0 aliphatic carbocycles. The highest BCUT2D eigenvalue weighted by Crippen LogP contribution is 2.34. The van der Waals surface area contributed by atoms with Crippen molar-refractivity contribution in [2.75, 3.05) is 5.32 Å². The molecule has 0 radical (unpaired) electrons. The third-order valence-corrected chi connectivity index (χ3v) is 3.74. The number of rotatable bonds is 4. The Morgan fingerprint density at radius 3 is 2.38 bits per heavy atom. The number of halogens is 3. The molecule has 0 aromatic heterocycles. The van der Waals surface area contributed by atoms with Crippen LogP contribution >= 0.6 is 23.2 Å². The van der Waals surface area contributed by atoms with Crippen molar-refractivity contribution >= 4 is 34.9 Å². The molecule has 0 bridgehead atoms. The molecule has 0 amide bonds. The number of aromatic carboxylic acids is 1. The van der Waals surface area contributed by atoms with E-state index in [0.29, 0.717) is 16.3 Å². The molecule has 2 aromatic carbocycles. The summed E-state index contributed by atoms with van der Waals surface area (Å²) in [5, 5.41) is 12.3. The Balaban J connectivity index is 2.24. The van der Waals surface area contributed by atoms with Crippen molar-refractivity contribution in [3.05, 3.63) is 63.4 Å². The Labute approximate surface area is 131 Å². The number of hydrogen-bond acceptors (Lipinski definition) is 2. The van der Waals surface area contributed by atoms with Crippen LogP contribution in [0, 0.1) is 5.82 Å². The number of nitrogens with one attached hydrogen (secondary N) is 1. The second kappa shape index (κ2) is 6.33. The van der Waals surface area contributed by atoms with Gasteiger partial charge in [0.2, 0.25) is 0 Å². The molecule has 0 saturated carbocycles. The van der Waals surface area contributed by atoms with Gasteiger partial charge in [0.1, 0.15) is 5.82 Å². The van der Waals surface area contributed by atoms with Crippen LogP contribution in [0.4, 0.5) is 10.1 Å². The van der Waals surface area contributed by atoms with E-state index < -0.39 is 11.8 Å². The largest absolute Gasteiger partial charge is 0.478 e. The Morgan fingerprint density at radius 1 is 1.19 bits per heavy atom. The predicted molar refractivity (Wildman–Crippen MR) is 81.9 cm³/mol. The second-order valence-electron chi connectivity index (χ2n) is 4.51. The van der Waals surface area contributed by atoms with E-state index in [1.54, 1.807) is 19.1 Å². The zero-order valence-electron chi connectivity index (χ0n) is 11.0. The van der Waals surface area contributed by atoms with Crippen LogP contribution < -0.4 is 5.32 Å². The fourth-order valence-corrected chi connectivity index (χ4v) is 2.67. The molecule has 0 spiro atoms. The number of carboxylic acid groups (broad SMARTS) is 1. The molecule has 0 heterocycles. The molecule has 2 aromatic rings. The van der Waals surface area contributed by atoms with E-state index in [4.69, 9.17) is 28.3 Å². The summed E-state index contributed by atoms with van der Waals surface area (Å²) in [6.45, 7) is 1.79. The van der Waals surface area contributed by atoms with Crippen LogP contribution in [0.2, 0.25) is 10.0 Å². The lowest BCUT2D eigenvalue weighted by atomic mass is 10.1. The zero-order valence-corrected chi connectivity index (χ0v) is 12.5. The van der Waals surface area contributed by atoms with Gasteiger partial charge in [0.05, 0.1) is 16.6 Å². The number of carboxylic acids is 1. The highest BCUT2D eigenvalue weighted by atomic mass is 35.5. The molecule has 0 saturated heterocycles. The molecule has 110 valence electrons. The van der Waals surface area contributed by atoms with Crippen LogP contribution in [-0.4, -0.2) is 11.1 Å². The number of benzene rings is 2. The van der Waals surface area contributed by atoms with E-state index in [2.05, 4.69) is 5.32 Å². The minimum Gasteiger partial charge on any atom is -0.478 e. The highest BCUT2D eigenvalue weighted by molar-refractivity contribution is 6.36. The van der Waals surface area contributed by atoms with Gasteiger partial charge in [-0.2, -0.15) is 0 Å². The Kier molecular flexibility index (Phi) is 4.70. The minimum atomic E-state index is -0.995. The molecular weight excluding hydrogens is 316 g/mol. The van der Waals surface area contributed by atoms with Crippen LogP contribution in [-0.2, 0) is 0 Å². The van der Waals surface area contributed by atoms with Crippen molar-refractivity contribution in [3.63, 3.8) is 0 Å². The normalized spacial score (nSPS) is 12.0. The molecule has 0 aliphatic rings. The van der Waals surface area contributed by atoms with Gasteiger partial charge in [-0.15, -0.1) is 0 Å². The summed E-state index contributed by atoms with van der Waals surface area (Å²) in [7, 11) is 0. The Morgan fingerprint density at radius 2 is 1.81 bits per heavy atom. The van der Waals surface area contributed by atoms with Crippen molar-refractivity contribution in [2.45, 2.75) is 13.0 Å². The van der Waals surface area contributed by atoms with E-state index in [1.807, 2.05) is 0 Å². The van der Waals surface area contributed by atoms with Crippen molar-refractivity contribution in [1.82, 2.24) is 0 Å². The SMILES string of the molecule is CC(Nc1ccc(C(=O)O)cc1)c1c(Cl)ccc(F)c1Cl. The molecule has 1 unspecified atom stereocenters. The Bertz CT molecular complexity index is 674. The van der Waals surface area contributed by atoms with Gasteiger partial charge >= 0.3 is 5.97 Å². The van der Waals surface area contributed by atoms with Crippen molar-refractivity contribution in [2.24, 2.45) is 0 Å². The van der Waals surface area contributed by atoms with Gasteiger partial charge in [0, 0.05) is 16.3 Å². The number of hydrogen-bond donors (Lipinski definition) is 2. The van der Waals surface area contributed by atoms with E-state index in [1.165, 1.54) is 24.3 Å². The maximum atomic E-state index is 13.5. The molecule has 6 heteroatoms. The first-order valence-electron chi connectivity index (χ1n) is 6.13. The molecule has 21 heavy (non-hydrogen) atoms. The summed E-state index contributed by atoms with van der Waals surface area (Å²) in [5.74, 6) is -1.53. The van der Waals surface area contributed by atoms with Crippen LogP contribution in [0.25, 0.3) is 0 Å². The average Bonchev–Trinajstić information content (AvgIpc) is 2.44. The number of carbonyl (C=O) groups is 1. The molecule has 0 aliphatic heterocycles. The van der Waals surface area contributed by atoms with E-state index in [0.717, 1.165) is 0 Å². The van der Waals surface area contributed by atoms with Crippen LogP contribution in [0.15, 0.2) is 36.4 Å². The quantitative estimate of drug-likeness (QED) is 0.776. The number of anilines is 1. The first kappa shape index (κ1) is 15.6. The maximum Gasteiger partial charge on any atom is 0.335 e. The first-order valence-corrected chi connectivity index (χ1v) is 6.89. The standard InChI is InChI=1S/C15H12Cl2FNO2/c1-8(13-11(16)6-7-12(18)14(13)17)19-10-4-2-9(3-5-10)15(20)21/h2-8,19H,1H3,(H,20,21). The van der Waals surface area contributed by atoms with E-state index in [-0.39, 0.29) is 16.6 Å². The third kappa shape index (κ3) is 3.46. The van der Waals surface area contributed by atoms with Gasteiger partial charge in [-0.05, 0) is 43.3 Å². The fourth-order valence-electron chi connectivity index (χ4n) is 1.97. The van der Waals surface area contributed by atoms with Crippen molar-refractivity contribution < 1.29 is 14.3 Å². The van der Waals surface area contributed by atoms with Gasteiger partial charge in [-0.25, -0.2) is 9.18 Å². The van der Waals surface area contributed by atoms with Gasteiger partial charge in [-0.3, -0.25) is 0 Å². The minimum absolute atomic E-state index is 0.0235. The lowest BCUT2D eigenvalue weighted by molar-refractivity contribution is 0.0697. The van der Waals surface area contributed by atoms with Gasteiger partial charge < -0.3 is 10.4 Å². The topological polar surface area (TPSA) is 49.3 Å². The van der Waals surface area contributed by atoms with Gasteiger partial charge in [0.15, 0.2) is 0 Å². The lowest BCUT2D eigenvalue weighted by Gasteiger charge is -2.18. The summed E-state index contributed by atoms with van der Waals surface area (Å²) in [5.41, 5.74) is 1.33. The molecule has 1 atom stereocenters. The molecular formula is C15H12Cl2FNO2. The zero-order chi connectivity index (χ0) is 15.6. The molecule has 0 fully saturated rings. The maximum absolute atomic E-state index is 13.5. The summed E-state index contributed by atoms with van der Waals surface area (Å²) in [6, 6.07) is 8.53. The third-order valence-electron chi connectivity index (χ3n) is 3.03. The summed E-state index contributed by atoms with van der Waals surface area (Å²) in [6.07, 6.45) is 0. The predicted octanol–water partition coefficient (Wildman–Crippen LogP) is 5.00. The van der Waals surface area contributed by atoms with E-state index >= 15 is 0 Å². The summed E-state index contributed by atoms with van der Waals surface area (Å²) < 4.78 is 13.5. The monoisotopic (exact) mass is 327 g/mol. The lowest BCUT2D eigenvalue weighted by Crippen LogP contribution is -2.09. The molecule has 3 nitrogen and oxygen atoms in total. The summed E-state index contributed by atoms with van der Waals surface area (Å²) >= 11 is 12.0. The van der Waals surface area contributed by atoms with Crippen LogP contribution in [0.1, 0.15) is 28.9 Å². The van der Waals surface area contributed by atoms with Crippen molar-refractivity contribution in [3.8, 4) is 0 Å². The first-order chi connectivity index (χ1) is 9.90. The van der Waals surface area contributed by atoms with Gasteiger partial charge in [0.25, 0.3) is 0 Å². The fraction of sp³-hybridized carbons (Fsp3) is 0.133. The molecule has 2 rings (SSSR count). The van der Waals surface area contributed by atoms with E-state index in [9.17, 15) is 9.18 Å². The average molecular weight is 328 g/mol. The second-order valence-corrected chi connectivity index (χ2v) is 5.29. The highest BCUT2D eigenvalue weighted by Gasteiger charge is 2.17. The Hall–Kier alpha value is -1.78. The van der Waals surface area contributed by atoms with Crippen molar-refractivity contribution in [1.29, 1.82) is 0 Å². The van der Waals surface area contributed by atoms with Gasteiger partial charge in [-0.1, -0.05) is 23.2 Å². The van der Waals surface area contributed by atoms with Crippen LogP contribution in [0.3, 0.4) is 0 Å².